The summed E-state index contributed by atoms with van der Waals surface area (Å²) in [6.07, 6.45) is -0.141. The van der Waals surface area contributed by atoms with Gasteiger partial charge in [0, 0.05) is 25.7 Å². The Morgan fingerprint density at radius 2 is 2.00 bits per heavy atom. The highest BCUT2D eigenvalue weighted by Crippen LogP contribution is 2.15. The van der Waals surface area contributed by atoms with Crippen molar-refractivity contribution < 1.29 is 5.11 Å². The maximum Gasteiger partial charge on any atom is 0.0793 e. The van der Waals surface area contributed by atoms with E-state index in [1.54, 1.807) is 0 Å². The first-order valence-corrected chi connectivity index (χ1v) is 4.96. The molecule has 0 amide bonds. The van der Waals surface area contributed by atoms with Crippen LogP contribution in [0.3, 0.4) is 0 Å². The molecule has 1 atom stereocenters. The highest BCUT2D eigenvalue weighted by atomic mass is 16.3. The molecule has 1 heterocycles. The summed E-state index contributed by atoms with van der Waals surface area (Å²) in [4.78, 5) is 2.17. The van der Waals surface area contributed by atoms with Crippen LogP contribution in [-0.4, -0.2) is 35.7 Å². The quantitative estimate of drug-likeness (QED) is 0.727. The predicted molar refractivity (Wildman–Crippen MR) is 55.8 cm³/mol. The van der Waals surface area contributed by atoms with Crippen molar-refractivity contribution in [3.8, 4) is 0 Å². The fourth-order valence-corrected chi connectivity index (χ4v) is 1.78. The van der Waals surface area contributed by atoms with Gasteiger partial charge in [-0.25, -0.2) is 0 Å². The van der Waals surface area contributed by atoms with Crippen LogP contribution in [0.15, 0.2) is 30.3 Å². The van der Waals surface area contributed by atoms with Gasteiger partial charge in [-0.2, -0.15) is 0 Å². The Hall–Kier alpha value is -0.900. The number of β-amino-alcohol motifs (C(OH)–C–C–N with tert-alkyl or cyclic N) is 1. The molecule has 14 heavy (non-hydrogen) atoms. The van der Waals surface area contributed by atoms with Gasteiger partial charge in [0.2, 0.25) is 0 Å². The molecule has 3 N–H and O–H groups in total. The van der Waals surface area contributed by atoms with Crippen molar-refractivity contribution in [1.82, 2.24) is 4.90 Å². The van der Waals surface area contributed by atoms with E-state index in [0.717, 1.165) is 25.2 Å². The number of aliphatic hydroxyl groups excluding tert-OH is 1. The molecule has 1 aromatic rings. The lowest BCUT2D eigenvalue weighted by Gasteiger charge is -2.37. The molecule has 3 heteroatoms. The monoisotopic (exact) mass is 192 g/mol. The van der Waals surface area contributed by atoms with Gasteiger partial charge in [-0.05, 0) is 5.56 Å². The molecule has 0 spiro atoms. The van der Waals surface area contributed by atoms with Crippen LogP contribution in [-0.2, 0) is 0 Å². The first-order valence-electron chi connectivity index (χ1n) is 4.96. The van der Waals surface area contributed by atoms with Crippen molar-refractivity contribution in [2.75, 3.05) is 19.6 Å². The largest absolute Gasteiger partial charge is 0.390 e. The normalized spacial score (nSPS) is 20.4. The molecule has 1 aliphatic rings. The zero-order chi connectivity index (χ0) is 9.97. The van der Waals surface area contributed by atoms with Gasteiger partial charge in [0.15, 0.2) is 0 Å². The maximum absolute atomic E-state index is 9.12. The topological polar surface area (TPSA) is 49.5 Å². The van der Waals surface area contributed by atoms with Crippen molar-refractivity contribution in [3.05, 3.63) is 35.9 Å². The molecule has 1 fully saturated rings. The summed E-state index contributed by atoms with van der Waals surface area (Å²) in [7, 11) is 0. The number of hydrogen-bond acceptors (Lipinski definition) is 3. The van der Waals surface area contributed by atoms with Crippen molar-refractivity contribution in [2.45, 2.75) is 12.1 Å². The van der Waals surface area contributed by atoms with Crippen molar-refractivity contribution in [2.24, 2.45) is 5.73 Å². The smallest absolute Gasteiger partial charge is 0.0793 e. The second kappa shape index (κ2) is 4.09. The lowest BCUT2D eigenvalue weighted by atomic mass is 10.0. The van der Waals surface area contributed by atoms with Crippen LogP contribution in [0.4, 0.5) is 0 Å². The molecule has 0 aromatic heterocycles. The number of hydrogen-bond donors (Lipinski definition) is 2. The van der Waals surface area contributed by atoms with Crippen LogP contribution >= 0.6 is 0 Å². The van der Waals surface area contributed by atoms with Gasteiger partial charge in [0.25, 0.3) is 0 Å². The second-order valence-electron chi connectivity index (χ2n) is 3.89. The summed E-state index contributed by atoms with van der Waals surface area (Å²) in [6, 6.07) is 10.1. The van der Waals surface area contributed by atoms with Gasteiger partial charge in [0.1, 0.15) is 0 Å². The van der Waals surface area contributed by atoms with Crippen LogP contribution in [0.25, 0.3) is 0 Å². The Bertz CT molecular complexity index is 283. The third-order valence-electron chi connectivity index (χ3n) is 2.62. The van der Waals surface area contributed by atoms with Crippen LogP contribution in [0.1, 0.15) is 11.6 Å². The molecule has 2 rings (SSSR count). The number of likely N-dealkylation sites (tertiary alicyclic amines) is 1. The van der Waals surface area contributed by atoms with E-state index < -0.39 is 0 Å². The van der Waals surface area contributed by atoms with Crippen molar-refractivity contribution in [1.29, 1.82) is 0 Å². The Morgan fingerprint density at radius 1 is 1.36 bits per heavy atom. The minimum absolute atomic E-state index is 0.0590. The standard InChI is InChI=1S/C11H16N2O/c12-11(8-13-6-10(14)7-13)9-4-2-1-3-5-9/h1-5,10-11,14H,6-8,12H2. The van der Waals surface area contributed by atoms with Gasteiger partial charge in [-0.1, -0.05) is 30.3 Å². The van der Waals surface area contributed by atoms with Crippen molar-refractivity contribution >= 4 is 0 Å². The zero-order valence-corrected chi connectivity index (χ0v) is 8.13. The molecule has 3 nitrogen and oxygen atoms in total. The minimum Gasteiger partial charge on any atom is -0.390 e. The fraction of sp³-hybridized carbons (Fsp3) is 0.455. The lowest BCUT2D eigenvalue weighted by Crippen LogP contribution is -2.52. The van der Waals surface area contributed by atoms with E-state index in [1.807, 2.05) is 30.3 Å². The maximum atomic E-state index is 9.12. The highest BCUT2D eigenvalue weighted by Gasteiger charge is 2.25. The summed E-state index contributed by atoms with van der Waals surface area (Å²) in [5.74, 6) is 0. The average Bonchev–Trinajstić information content (AvgIpc) is 2.17. The van der Waals surface area contributed by atoms with Gasteiger partial charge < -0.3 is 10.8 Å². The summed E-state index contributed by atoms with van der Waals surface area (Å²) in [6.45, 7) is 2.36. The number of nitrogens with two attached hydrogens (primary N) is 1. The van der Waals surface area contributed by atoms with E-state index >= 15 is 0 Å². The molecule has 1 unspecified atom stereocenters. The molecular weight excluding hydrogens is 176 g/mol. The van der Waals surface area contributed by atoms with Crippen LogP contribution in [0.5, 0.6) is 0 Å². The summed E-state index contributed by atoms with van der Waals surface area (Å²) in [5.41, 5.74) is 7.19. The molecular formula is C11H16N2O. The van der Waals surface area contributed by atoms with Gasteiger partial charge in [-0.3, -0.25) is 4.90 Å². The number of rotatable bonds is 3. The zero-order valence-electron chi connectivity index (χ0n) is 8.13. The van der Waals surface area contributed by atoms with Gasteiger partial charge in [-0.15, -0.1) is 0 Å². The van der Waals surface area contributed by atoms with Crippen LogP contribution in [0, 0.1) is 0 Å². The summed E-state index contributed by atoms with van der Waals surface area (Å²) >= 11 is 0. The first kappa shape index (κ1) is 9.65. The van der Waals surface area contributed by atoms with Crippen molar-refractivity contribution in [3.63, 3.8) is 0 Å². The Balaban J connectivity index is 1.87. The average molecular weight is 192 g/mol. The molecule has 0 radical (unpaired) electrons. The second-order valence-corrected chi connectivity index (χ2v) is 3.89. The van der Waals surface area contributed by atoms with E-state index in [-0.39, 0.29) is 12.1 Å². The van der Waals surface area contributed by atoms with E-state index in [4.69, 9.17) is 10.8 Å². The predicted octanol–water partition coefficient (Wildman–Crippen LogP) is 0.363. The van der Waals surface area contributed by atoms with E-state index in [1.165, 1.54) is 0 Å². The van der Waals surface area contributed by atoms with Crippen LogP contribution < -0.4 is 5.73 Å². The molecule has 0 bridgehead atoms. The molecule has 1 aromatic carbocycles. The van der Waals surface area contributed by atoms with Gasteiger partial charge in [0.05, 0.1) is 6.10 Å². The summed E-state index contributed by atoms with van der Waals surface area (Å²) in [5, 5.41) is 9.12. The van der Waals surface area contributed by atoms with E-state index in [2.05, 4.69) is 4.90 Å². The lowest BCUT2D eigenvalue weighted by molar-refractivity contribution is -0.000912. The van der Waals surface area contributed by atoms with E-state index in [9.17, 15) is 0 Å². The number of benzene rings is 1. The fourth-order valence-electron chi connectivity index (χ4n) is 1.78. The molecule has 1 aliphatic heterocycles. The molecule has 1 saturated heterocycles. The minimum atomic E-state index is -0.141. The van der Waals surface area contributed by atoms with Crippen LogP contribution in [0.2, 0.25) is 0 Å². The third kappa shape index (κ3) is 2.12. The first-order chi connectivity index (χ1) is 6.75. The molecule has 76 valence electrons. The Morgan fingerprint density at radius 3 is 2.57 bits per heavy atom. The van der Waals surface area contributed by atoms with Gasteiger partial charge >= 0.3 is 0 Å². The summed E-state index contributed by atoms with van der Waals surface area (Å²) < 4.78 is 0. The number of nitrogens with zero attached hydrogens (tertiary/aromatic N) is 1. The molecule has 0 saturated carbocycles. The Labute approximate surface area is 84.1 Å². The Kier molecular flexibility index (Phi) is 2.82. The van der Waals surface area contributed by atoms with E-state index in [0.29, 0.717) is 0 Å². The number of aliphatic hydroxyl groups is 1. The highest BCUT2D eigenvalue weighted by molar-refractivity contribution is 5.18. The molecule has 0 aliphatic carbocycles. The SMILES string of the molecule is NC(CN1CC(O)C1)c1ccccc1. The third-order valence-corrected chi connectivity index (χ3v) is 2.62.